The molecule has 0 fully saturated rings. The van der Waals surface area contributed by atoms with Crippen molar-refractivity contribution in [2.45, 2.75) is 45.4 Å². The van der Waals surface area contributed by atoms with E-state index in [0.717, 1.165) is 31.5 Å². The number of hydrogen-bond donors (Lipinski definition) is 0. The second-order valence-corrected chi connectivity index (χ2v) is 5.37. The number of nitriles is 1. The van der Waals surface area contributed by atoms with Crippen LogP contribution in [0.4, 0.5) is 0 Å². The third-order valence-electron chi connectivity index (χ3n) is 3.50. The molecule has 1 unspecified atom stereocenters. The minimum Gasteiger partial charge on any atom is -0.343 e. The van der Waals surface area contributed by atoms with Gasteiger partial charge in [0.15, 0.2) is 0 Å². The fourth-order valence-corrected chi connectivity index (χ4v) is 2.33. The number of amides is 1. The van der Waals surface area contributed by atoms with Crippen LogP contribution in [0.5, 0.6) is 0 Å². The lowest BCUT2D eigenvalue weighted by Gasteiger charge is -2.27. The summed E-state index contributed by atoms with van der Waals surface area (Å²) in [6.07, 6.45) is 2.13. The molecule has 1 amide bonds. The van der Waals surface area contributed by atoms with Gasteiger partial charge in [0, 0.05) is 19.5 Å². The molecule has 0 aliphatic carbocycles. The summed E-state index contributed by atoms with van der Waals surface area (Å²) in [5.41, 5.74) is 0.154. The van der Waals surface area contributed by atoms with E-state index in [1.54, 1.807) is 0 Å². The van der Waals surface area contributed by atoms with Crippen LogP contribution in [-0.2, 0) is 10.2 Å². The molecular weight excluding hydrogens is 248 g/mol. The third kappa shape index (κ3) is 4.09. The zero-order valence-electron chi connectivity index (χ0n) is 12.7. The standard InChI is InChI=1S/C17H24N2O/c1-4-11-19(12-5-2)16(20)13-17(3,14-18)15-9-7-6-8-10-15/h6-10H,4-5,11-13H2,1-3H3. The Kier molecular flexibility index (Phi) is 6.24. The summed E-state index contributed by atoms with van der Waals surface area (Å²) in [4.78, 5) is 14.3. The lowest BCUT2D eigenvalue weighted by molar-refractivity contribution is -0.132. The van der Waals surface area contributed by atoms with E-state index in [-0.39, 0.29) is 12.3 Å². The fourth-order valence-electron chi connectivity index (χ4n) is 2.33. The minimum absolute atomic E-state index is 0.0709. The number of carbonyl (C=O) groups is 1. The van der Waals surface area contributed by atoms with Crippen LogP contribution in [0.1, 0.15) is 45.6 Å². The SMILES string of the molecule is CCCN(CCC)C(=O)CC(C)(C#N)c1ccccc1. The number of carbonyl (C=O) groups excluding carboxylic acids is 1. The van der Waals surface area contributed by atoms with Gasteiger partial charge in [0.2, 0.25) is 5.91 Å². The highest BCUT2D eigenvalue weighted by molar-refractivity contribution is 5.78. The molecule has 0 saturated carbocycles. The molecule has 108 valence electrons. The summed E-state index contributed by atoms with van der Waals surface area (Å²) in [6, 6.07) is 11.9. The summed E-state index contributed by atoms with van der Waals surface area (Å²) in [5.74, 6) is 0.0709. The molecule has 0 radical (unpaired) electrons. The van der Waals surface area contributed by atoms with Gasteiger partial charge in [-0.1, -0.05) is 44.2 Å². The maximum absolute atomic E-state index is 12.4. The van der Waals surface area contributed by atoms with Crippen LogP contribution in [-0.4, -0.2) is 23.9 Å². The molecule has 0 heterocycles. The second kappa shape index (κ2) is 7.69. The van der Waals surface area contributed by atoms with Crippen LogP contribution in [0.25, 0.3) is 0 Å². The first kappa shape index (κ1) is 16.2. The van der Waals surface area contributed by atoms with E-state index in [1.165, 1.54) is 0 Å². The zero-order chi connectivity index (χ0) is 15.0. The average molecular weight is 272 g/mol. The van der Waals surface area contributed by atoms with Gasteiger partial charge in [0.05, 0.1) is 11.5 Å². The molecule has 0 aliphatic rings. The van der Waals surface area contributed by atoms with E-state index in [2.05, 4.69) is 19.9 Å². The Morgan fingerprint density at radius 2 is 1.75 bits per heavy atom. The topological polar surface area (TPSA) is 44.1 Å². The predicted octanol–water partition coefficient (Wildman–Crippen LogP) is 3.51. The van der Waals surface area contributed by atoms with Crippen molar-refractivity contribution >= 4 is 5.91 Å². The summed E-state index contributed by atoms with van der Waals surface area (Å²) in [5, 5.41) is 9.51. The molecule has 0 bridgehead atoms. The number of hydrogen-bond acceptors (Lipinski definition) is 2. The van der Waals surface area contributed by atoms with Crippen molar-refractivity contribution in [2.75, 3.05) is 13.1 Å². The van der Waals surface area contributed by atoms with Crippen LogP contribution in [0.3, 0.4) is 0 Å². The smallest absolute Gasteiger partial charge is 0.224 e. The van der Waals surface area contributed by atoms with E-state index >= 15 is 0 Å². The highest BCUT2D eigenvalue weighted by Crippen LogP contribution is 2.27. The normalized spacial score (nSPS) is 13.3. The fraction of sp³-hybridized carbons (Fsp3) is 0.529. The van der Waals surface area contributed by atoms with Crippen LogP contribution in [0, 0.1) is 11.3 Å². The molecule has 0 N–H and O–H groups in total. The van der Waals surface area contributed by atoms with Crippen molar-refractivity contribution in [3.05, 3.63) is 35.9 Å². The Bertz CT molecular complexity index is 458. The molecule has 0 aromatic heterocycles. The molecule has 0 saturated heterocycles. The van der Waals surface area contributed by atoms with Crippen molar-refractivity contribution in [3.8, 4) is 6.07 Å². The first-order valence-corrected chi connectivity index (χ1v) is 7.32. The lowest BCUT2D eigenvalue weighted by atomic mass is 9.80. The molecule has 1 atom stereocenters. The van der Waals surface area contributed by atoms with E-state index in [0.29, 0.717) is 0 Å². The molecular formula is C17H24N2O. The van der Waals surface area contributed by atoms with Crippen molar-refractivity contribution in [3.63, 3.8) is 0 Å². The van der Waals surface area contributed by atoms with Crippen LogP contribution in [0.15, 0.2) is 30.3 Å². The highest BCUT2D eigenvalue weighted by atomic mass is 16.2. The van der Waals surface area contributed by atoms with Gasteiger partial charge in [-0.3, -0.25) is 4.79 Å². The van der Waals surface area contributed by atoms with Gasteiger partial charge in [-0.25, -0.2) is 0 Å². The maximum atomic E-state index is 12.4. The zero-order valence-corrected chi connectivity index (χ0v) is 12.7. The summed E-state index contributed by atoms with van der Waals surface area (Å²) < 4.78 is 0. The Morgan fingerprint density at radius 3 is 2.20 bits per heavy atom. The van der Waals surface area contributed by atoms with Crippen molar-refractivity contribution < 1.29 is 4.79 Å². The van der Waals surface area contributed by atoms with E-state index < -0.39 is 5.41 Å². The van der Waals surface area contributed by atoms with Gasteiger partial charge < -0.3 is 4.90 Å². The molecule has 1 rings (SSSR count). The van der Waals surface area contributed by atoms with E-state index in [4.69, 9.17) is 0 Å². The third-order valence-corrected chi connectivity index (χ3v) is 3.50. The van der Waals surface area contributed by atoms with Gasteiger partial charge in [-0.2, -0.15) is 5.26 Å². The van der Waals surface area contributed by atoms with Gasteiger partial charge in [0.1, 0.15) is 0 Å². The van der Waals surface area contributed by atoms with Crippen LogP contribution in [0.2, 0.25) is 0 Å². The summed E-state index contributed by atoms with van der Waals surface area (Å²) in [6.45, 7) is 7.51. The molecule has 1 aromatic carbocycles. The van der Waals surface area contributed by atoms with Crippen molar-refractivity contribution in [1.29, 1.82) is 5.26 Å². The monoisotopic (exact) mass is 272 g/mol. The molecule has 1 aromatic rings. The van der Waals surface area contributed by atoms with Gasteiger partial charge in [-0.15, -0.1) is 0 Å². The summed E-state index contributed by atoms with van der Waals surface area (Å²) in [7, 11) is 0. The van der Waals surface area contributed by atoms with E-state index in [1.807, 2.05) is 42.2 Å². The van der Waals surface area contributed by atoms with Gasteiger partial charge >= 0.3 is 0 Å². The Balaban J connectivity index is 2.87. The molecule has 0 spiro atoms. The maximum Gasteiger partial charge on any atom is 0.224 e. The number of rotatable bonds is 7. The van der Waals surface area contributed by atoms with Crippen molar-refractivity contribution in [2.24, 2.45) is 0 Å². The largest absolute Gasteiger partial charge is 0.343 e. The first-order valence-electron chi connectivity index (χ1n) is 7.32. The van der Waals surface area contributed by atoms with E-state index in [9.17, 15) is 10.1 Å². The van der Waals surface area contributed by atoms with Gasteiger partial charge in [-0.05, 0) is 25.3 Å². The molecule has 0 aliphatic heterocycles. The lowest BCUT2D eigenvalue weighted by Crippen LogP contribution is -2.37. The minimum atomic E-state index is -0.752. The van der Waals surface area contributed by atoms with Crippen LogP contribution >= 0.6 is 0 Å². The summed E-state index contributed by atoms with van der Waals surface area (Å²) >= 11 is 0. The molecule has 3 heteroatoms. The number of nitrogens with zero attached hydrogens (tertiary/aromatic N) is 2. The van der Waals surface area contributed by atoms with Gasteiger partial charge in [0.25, 0.3) is 0 Å². The Morgan fingerprint density at radius 1 is 1.20 bits per heavy atom. The van der Waals surface area contributed by atoms with Crippen molar-refractivity contribution in [1.82, 2.24) is 4.90 Å². The predicted molar refractivity (Wildman–Crippen MR) is 81.2 cm³/mol. The molecule has 20 heavy (non-hydrogen) atoms. The Hall–Kier alpha value is -1.82. The highest BCUT2D eigenvalue weighted by Gasteiger charge is 2.31. The van der Waals surface area contributed by atoms with Crippen LogP contribution < -0.4 is 0 Å². The average Bonchev–Trinajstić information content (AvgIpc) is 2.47. The number of benzene rings is 1. The second-order valence-electron chi connectivity index (χ2n) is 5.37. The molecule has 3 nitrogen and oxygen atoms in total. The first-order chi connectivity index (χ1) is 9.57. The quantitative estimate of drug-likeness (QED) is 0.762. The Labute approximate surface area is 122 Å².